The quantitative estimate of drug-likeness (QED) is 0.170. The summed E-state index contributed by atoms with van der Waals surface area (Å²) in [5, 5.41) is 8.91. The predicted octanol–water partition coefficient (Wildman–Crippen LogP) is 14.5. The van der Waals surface area contributed by atoms with E-state index in [0.29, 0.717) is 0 Å². The summed E-state index contributed by atoms with van der Waals surface area (Å²) < 4.78 is 9.97. The van der Waals surface area contributed by atoms with E-state index < -0.39 is 0 Å². The van der Waals surface area contributed by atoms with Gasteiger partial charge in [-0.25, -0.2) is 0 Å². The Bertz CT molecular complexity index is 3770. The smallest absolute Gasteiger partial charge is 0.0788 e. The molecule has 0 saturated carbocycles. The Balaban J connectivity index is 1.12. The highest BCUT2D eigenvalue weighted by Gasteiger charge is 2.25. The van der Waals surface area contributed by atoms with Crippen LogP contribution in [0.3, 0.4) is 0 Å². The standard InChI is InChI=1S/C56H40N4/c1-35-24-28-51-45(30-35)43-26-27-44-46-31-36(2)25-29-52(46)60(56(44)55(43)59(51)38-16-7-4-8-17-38)40-19-13-18-39(32-40)58-50-23-12-10-21-42(50)48-33-53-47(34-54(48)58)41-20-9-11-22-49(41)57(53)37-14-5-3-6-15-37/h3-9,11-20,22-34H,10,21H2,1-2H3. The first-order valence-electron chi connectivity index (χ1n) is 21.1. The van der Waals surface area contributed by atoms with Crippen LogP contribution in [-0.4, -0.2) is 18.3 Å². The Morgan fingerprint density at radius 2 is 0.867 bits per heavy atom. The highest BCUT2D eigenvalue weighted by molar-refractivity contribution is 6.24. The molecule has 0 spiro atoms. The Labute approximate surface area is 347 Å². The second-order valence-corrected chi connectivity index (χ2v) is 16.6. The minimum atomic E-state index is 1.01. The zero-order chi connectivity index (χ0) is 39.6. The minimum absolute atomic E-state index is 1.01. The molecule has 1 aliphatic carbocycles. The normalized spacial score (nSPS) is 13.0. The van der Waals surface area contributed by atoms with Crippen LogP contribution in [0.1, 0.15) is 28.8 Å². The van der Waals surface area contributed by atoms with Crippen LogP contribution in [-0.2, 0) is 6.42 Å². The first kappa shape index (κ1) is 33.4. The number of benzene rings is 8. The summed E-state index contributed by atoms with van der Waals surface area (Å²) in [7, 11) is 0. The number of aryl methyl sites for hydroxylation is 3. The molecule has 8 aromatic carbocycles. The van der Waals surface area contributed by atoms with Gasteiger partial charge in [0.1, 0.15) is 0 Å². The summed E-state index contributed by atoms with van der Waals surface area (Å²) in [4.78, 5) is 0. The minimum Gasteiger partial charge on any atom is -0.309 e. The fraction of sp³-hybridized carbons (Fsp3) is 0.0714. The number of hydrogen-bond donors (Lipinski definition) is 0. The van der Waals surface area contributed by atoms with Gasteiger partial charge < -0.3 is 18.3 Å². The zero-order valence-electron chi connectivity index (χ0n) is 33.5. The summed E-state index contributed by atoms with van der Waals surface area (Å²) in [5.41, 5.74) is 18.4. The van der Waals surface area contributed by atoms with Crippen molar-refractivity contribution in [2.75, 3.05) is 0 Å². The molecule has 0 bridgehead atoms. The van der Waals surface area contributed by atoms with Crippen molar-refractivity contribution in [3.05, 3.63) is 198 Å². The highest BCUT2D eigenvalue weighted by atomic mass is 15.1. The summed E-state index contributed by atoms with van der Waals surface area (Å²) in [6.07, 6.45) is 6.75. The lowest BCUT2D eigenvalue weighted by molar-refractivity contribution is 0.966. The van der Waals surface area contributed by atoms with Gasteiger partial charge in [-0.15, -0.1) is 0 Å². The third kappa shape index (κ3) is 4.62. The number of aromatic nitrogens is 4. The van der Waals surface area contributed by atoms with E-state index in [9.17, 15) is 0 Å². The van der Waals surface area contributed by atoms with Crippen molar-refractivity contribution in [3.63, 3.8) is 0 Å². The van der Waals surface area contributed by atoms with Crippen molar-refractivity contribution in [2.24, 2.45) is 0 Å². The van der Waals surface area contributed by atoms with Crippen LogP contribution in [0, 0.1) is 13.8 Å². The molecule has 284 valence electrons. The van der Waals surface area contributed by atoms with Crippen molar-refractivity contribution < 1.29 is 0 Å². The fourth-order valence-corrected chi connectivity index (χ4v) is 10.5. The van der Waals surface area contributed by atoms with Gasteiger partial charge in [0, 0.05) is 66.1 Å². The molecule has 0 atom stereocenters. The summed E-state index contributed by atoms with van der Waals surface area (Å²) in [5.74, 6) is 0. The fourth-order valence-electron chi connectivity index (χ4n) is 10.5. The lowest BCUT2D eigenvalue weighted by Crippen LogP contribution is -2.03. The zero-order valence-corrected chi connectivity index (χ0v) is 33.5. The van der Waals surface area contributed by atoms with Crippen LogP contribution in [0.4, 0.5) is 0 Å². The Hall–Kier alpha value is -7.56. The topological polar surface area (TPSA) is 19.7 Å². The molecule has 4 heterocycles. The third-order valence-electron chi connectivity index (χ3n) is 13.1. The Kier molecular flexibility index (Phi) is 6.95. The van der Waals surface area contributed by atoms with E-state index in [1.54, 1.807) is 0 Å². The molecular formula is C56H40N4. The van der Waals surface area contributed by atoms with Gasteiger partial charge in [-0.2, -0.15) is 0 Å². The maximum Gasteiger partial charge on any atom is 0.0788 e. The molecular weight excluding hydrogens is 729 g/mol. The van der Waals surface area contributed by atoms with Crippen LogP contribution >= 0.6 is 0 Å². The SMILES string of the molecule is Cc1ccc2c(c1)c1ccc3c4cc(C)ccc4n(-c4cccc(-n5c6c(c7cc8c(cc75)c5ccccc5n8-c5ccccc5)CCC=C6)c4)c3c1n2-c1ccccc1. The lowest BCUT2D eigenvalue weighted by Gasteiger charge is -2.16. The average Bonchev–Trinajstić information content (AvgIpc) is 4.00. The van der Waals surface area contributed by atoms with Gasteiger partial charge >= 0.3 is 0 Å². The van der Waals surface area contributed by atoms with E-state index in [0.717, 1.165) is 29.9 Å². The molecule has 0 N–H and O–H groups in total. The Morgan fingerprint density at radius 1 is 0.350 bits per heavy atom. The highest BCUT2D eigenvalue weighted by Crippen LogP contribution is 2.44. The first-order valence-corrected chi connectivity index (χ1v) is 21.1. The van der Waals surface area contributed by atoms with E-state index in [1.807, 2.05) is 0 Å². The number of hydrogen-bond acceptors (Lipinski definition) is 0. The van der Waals surface area contributed by atoms with Gasteiger partial charge in [0.2, 0.25) is 0 Å². The van der Waals surface area contributed by atoms with Gasteiger partial charge in [0.05, 0.1) is 38.6 Å². The van der Waals surface area contributed by atoms with Gasteiger partial charge in [-0.1, -0.05) is 102 Å². The Morgan fingerprint density at radius 3 is 1.55 bits per heavy atom. The maximum atomic E-state index is 2.53. The molecule has 0 saturated heterocycles. The molecule has 0 amide bonds. The summed E-state index contributed by atoms with van der Waals surface area (Å²) >= 11 is 0. The molecule has 60 heavy (non-hydrogen) atoms. The third-order valence-corrected chi connectivity index (χ3v) is 13.1. The second-order valence-electron chi connectivity index (χ2n) is 16.6. The van der Waals surface area contributed by atoms with Crippen molar-refractivity contribution in [3.8, 4) is 22.7 Å². The molecule has 4 nitrogen and oxygen atoms in total. The van der Waals surface area contributed by atoms with Crippen molar-refractivity contribution in [1.29, 1.82) is 0 Å². The molecule has 4 heteroatoms. The lowest BCUT2D eigenvalue weighted by atomic mass is 10.00. The molecule has 0 unspecified atom stereocenters. The van der Waals surface area contributed by atoms with Gasteiger partial charge in [-0.05, 0) is 123 Å². The molecule has 12 aromatic rings. The van der Waals surface area contributed by atoms with Crippen molar-refractivity contribution in [2.45, 2.75) is 26.7 Å². The maximum absolute atomic E-state index is 2.53. The van der Waals surface area contributed by atoms with E-state index in [-0.39, 0.29) is 0 Å². The van der Waals surface area contributed by atoms with E-state index in [4.69, 9.17) is 0 Å². The molecule has 4 aromatic heterocycles. The van der Waals surface area contributed by atoms with Gasteiger partial charge in [0.15, 0.2) is 0 Å². The molecule has 0 aliphatic heterocycles. The van der Waals surface area contributed by atoms with Crippen molar-refractivity contribution >= 4 is 82.4 Å². The predicted molar refractivity (Wildman–Crippen MR) is 253 cm³/mol. The van der Waals surface area contributed by atoms with E-state index >= 15 is 0 Å². The summed E-state index contributed by atoms with van der Waals surface area (Å²) in [6, 6.07) is 63.2. The van der Waals surface area contributed by atoms with E-state index in [1.165, 1.54) is 104 Å². The molecule has 1 aliphatic rings. The number of fused-ring (bicyclic) bond motifs is 13. The van der Waals surface area contributed by atoms with Crippen LogP contribution in [0.25, 0.3) is 105 Å². The van der Waals surface area contributed by atoms with Crippen LogP contribution < -0.4 is 0 Å². The van der Waals surface area contributed by atoms with E-state index in [2.05, 4.69) is 214 Å². The van der Waals surface area contributed by atoms with Crippen LogP contribution in [0.2, 0.25) is 0 Å². The second kappa shape index (κ2) is 12.5. The molecule has 0 fully saturated rings. The van der Waals surface area contributed by atoms with Gasteiger partial charge in [-0.3, -0.25) is 0 Å². The number of allylic oxidation sites excluding steroid dienone is 1. The number of nitrogens with zero attached hydrogens (tertiary/aromatic N) is 4. The number of para-hydroxylation sites is 3. The average molecular weight is 769 g/mol. The number of rotatable bonds is 4. The molecule has 13 rings (SSSR count). The van der Waals surface area contributed by atoms with Gasteiger partial charge in [0.25, 0.3) is 0 Å². The first-order chi connectivity index (χ1) is 29.6. The largest absolute Gasteiger partial charge is 0.309 e. The summed E-state index contributed by atoms with van der Waals surface area (Å²) in [6.45, 7) is 4.40. The molecule has 0 radical (unpaired) electrons. The van der Waals surface area contributed by atoms with Crippen LogP contribution in [0.15, 0.2) is 176 Å². The van der Waals surface area contributed by atoms with Crippen molar-refractivity contribution in [1.82, 2.24) is 18.3 Å². The monoisotopic (exact) mass is 768 g/mol. The van der Waals surface area contributed by atoms with Crippen LogP contribution in [0.5, 0.6) is 0 Å².